The van der Waals surface area contributed by atoms with E-state index in [2.05, 4.69) is 10.4 Å². The Morgan fingerprint density at radius 1 is 1.20 bits per heavy atom. The van der Waals surface area contributed by atoms with Gasteiger partial charge in [-0.05, 0) is 37.5 Å². The van der Waals surface area contributed by atoms with Crippen molar-refractivity contribution >= 4 is 11.6 Å². The number of carbonyl (C=O) groups is 1. The van der Waals surface area contributed by atoms with Gasteiger partial charge in [0.15, 0.2) is 17.3 Å². The Kier molecular flexibility index (Phi) is 3.22. The number of nitrogens with one attached hydrogen (secondary N) is 1. The summed E-state index contributed by atoms with van der Waals surface area (Å²) in [5.41, 5.74) is 1.54. The predicted molar refractivity (Wildman–Crippen MR) is 69.5 cm³/mol. The van der Waals surface area contributed by atoms with Crippen LogP contribution in [0.25, 0.3) is 0 Å². The van der Waals surface area contributed by atoms with Gasteiger partial charge >= 0.3 is 0 Å². The highest BCUT2D eigenvalue weighted by Crippen LogP contribution is 2.17. The van der Waals surface area contributed by atoms with Gasteiger partial charge in [0.05, 0.1) is 0 Å². The molecule has 1 aliphatic heterocycles. The molecule has 1 aromatic heterocycles. The van der Waals surface area contributed by atoms with Crippen molar-refractivity contribution in [1.82, 2.24) is 9.78 Å². The lowest BCUT2D eigenvalue weighted by atomic mass is 10.1. The molecule has 1 N–H and O–H groups in total. The minimum absolute atomic E-state index is 0.208. The van der Waals surface area contributed by atoms with Crippen LogP contribution in [-0.2, 0) is 13.0 Å². The topological polar surface area (TPSA) is 46.9 Å². The van der Waals surface area contributed by atoms with E-state index in [0.29, 0.717) is 5.69 Å². The molecule has 0 fully saturated rings. The third-order valence-electron chi connectivity index (χ3n) is 3.33. The molecule has 2 aromatic rings. The van der Waals surface area contributed by atoms with Crippen LogP contribution < -0.4 is 5.32 Å². The average Bonchev–Trinajstić information content (AvgIpc) is 2.87. The van der Waals surface area contributed by atoms with Gasteiger partial charge in [0, 0.05) is 24.0 Å². The standard InChI is InChI=1S/C14H13F2N3O/c15-11-5-4-9(7-12(11)16)17-14(20)13-8-10-3-1-2-6-19(10)18-13/h4-5,7-8H,1-3,6H2,(H,17,20). The SMILES string of the molecule is O=C(Nc1ccc(F)c(F)c1)c1cc2n(n1)CCCC2. The molecule has 1 aliphatic rings. The van der Waals surface area contributed by atoms with Crippen molar-refractivity contribution in [1.29, 1.82) is 0 Å². The van der Waals surface area contributed by atoms with Crippen molar-refractivity contribution in [2.45, 2.75) is 25.8 Å². The second-order valence-electron chi connectivity index (χ2n) is 4.78. The maximum atomic E-state index is 13.1. The molecule has 20 heavy (non-hydrogen) atoms. The number of halogens is 2. The van der Waals surface area contributed by atoms with Crippen LogP contribution in [0.4, 0.5) is 14.5 Å². The molecule has 0 unspecified atom stereocenters. The van der Waals surface area contributed by atoms with Gasteiger partial charge in [0.1, 0.15) is 0 Å². The molecule has 1 aromatic carbocycles. The number of rotatable bonds is 2. The van der Waals surface area contributed by atoms with E-state index < -0.39 is 17.5 Å². The summed E-state index contributed by atoms with van der Waals surface area (Å²) in [7, 11) is 0. The lowest BCUT2D eigenvalue weighted by molar-refractivity contribution is 0.102. The minimum Gasteiger partial charge on any atom is -0.320 e. The number of hydrogen-bond donors (Lipinski definition) is 1. The van der Waals surface area contributed by atoms with Crippen molar-refractivity contribution in [2.24, 2.45) is 0 Å². The van der Waals surface area contributed by atoms with E-state index >= 15 is 0 Å². The third kappa shape index (κ3) is 2.41. The summed E-state index contributed by atoms with van der Waals surface area (Å²) < 4.78 is 27.7. The summed E-state index contributed by atoms with van der Waals surface area (Å²) >= 11 is 0. The first-order valence-corrected chi connectivity index (χ1v) is 6.46. The second kappa shape index (κ2) is 5.03. The lowest BCUT2D eigenvalue weighted by Gasteiger charge is -2.11. The molecular weight excluding hydrogens is 264 g/mol. The zero-order valence-electron chi connectivity index (χ0n) is 10.7. The Balaban J connectivity index is 1.78. The van der Waals surface area contributed by atoms with Crippen LogP contribution in [0.2, 0.25) is 0 Å². The predicted octanol–water partition coefficient (Wildman–Crippen LogP) is 2.75. The zero-order chi connectivity index (χ0) is 14.1. The first-order chi connectivity index (χ1) is 9.63. The van der Waals surface area contributed by atoms with E-state index in [4.69, 9.17) is 0 Å². The lowest BCUT2D eigenvalue weighted by Crippen LogP contribution is -2.14. The summed E-state index contributed by atoms with van der Waals surface area (Å²) in [5.74, 6) is -2.36. The summed E-state index contributed by atoms with van der Waals surface area (Å²) in [5, 5.41) is 6.74. The fourth-order valence-corrected chi connectivity index (χ4v) is 2.30. The Hall–Kier alpha value is -2.24. The monoisotopic (exact) mass is 277 g/mol. The van der Waals surface area contributed by atoms with Crippen molar-refractivity contribution in [2.75, 3.05) is 5.32 Å². The fraction of sp³-hybridized carbons (Fsp3) is 0.286. The van der Waals surface area contributed by atoms with Crippen LogP contribution in [-0.4, -0.2) is 15.7 Å². The van der Waals surface area contributed by atoms with Crippen LogP contribution in [0.5, 0.6) is 0 Å². The number of aromatic nitrogens is 2. The van der Waals surface area contributed by atoms with Crippen molar-refractivity contribution in [3.05, 3.63) is 47.3 Å². The highest BCUT2D eigenvalue weighted by Gasteiger charge is 2.17. The Labute approximate surface area is 114 Å². The molecule has 0 spiro atoms. The summed E-state index contributed by atoms with van der Waals surface area (Å²) in [6.45, 7) is 0.813. The number of anilines is 1. The van der Waals surface area contributed by atoms with Crippen LogP contribution in [0.3, 0.4) is 0 Å². The molecule has 1 amide bonds. The van der Waals surface area contributed by atoms with E-state index in [0.717, 1.165) is 43.6 Å². The minimum atomic E-state index is -0.994. The van der Waals surface area contributed by atoms with Gasteiger partial charge in [-0.25, -0.2) is 8.78 Å². The molecule has 0 saturated carbocycles. The van der Waals surface area contributed by atoms with Gasteiger partial charge in [-0.2, -0.15) is 5.10 Å². The van der Waals surface area contributed by atoms with E-state index in [9.17, 15) is 13.6 Å². The highest BCUT2D eigenvalue weighted by molar-refractivity contribution is 6.02. The number of fused-ring (bicyclic) bond motifs is 1. The first kappa shape index (κ1) is 12.8. The molecule has 0 atom stereocenters. The number of nitrogens with zero attached hydrogens (tertiary/aromatic N) is 2. The molecule has 0 saturated heterocycles. The van der Waals surface area contributed by atoms with Gasteiger partial charge in [0.25, 0.3) is 5.91 Å². The maximum Gasteiger partial charge on any atom is 0.276 e. The van der Waals surface area contributed by atoms with Crippen LogP contribution in [0.1, 0.15) is 29.0 Å². The molecule has 6 heteroatoms. The smallest absolute Gasteiger partial charge is 0.276 e. The average molecular weight is 277 g/mol. The van der Waals surface area contributed by atoms with Gasteiger partial charge < -0.3 is 5.32 Å². The molecule has 2 heterocycles. The quantitative estimate of drug-likeness (QED) is 0.917. The number of aryl methyl sites for hydroxylation is 2. The van der Waals surface area contributed by atoms with Crippen LogP contribution >= 0.6 is 0 Å². The molecule has 0 radical (unpaired) electrons. The largest absolute Gasteiger partial charge is 0.320 e. The highest BCUT2D eigenvalue weighted by atomic mass is 19.2. The molecule has 0 aliphatic carbocycles. The summed E-state index contributed by atoms with van der Waals surface area (Å²) in [4.78, 5) is 12.0. The van der Waals surface area contributed by atoms with E-state index in [-0.39, 0.29) is 5.69 Å². The third-order valence-corrected chi connectivity index (χ3v) is 3.33. The van der Waals surface area contributed by atoms with Crippen molar-refractivity contribution in [3.63, 3.8) is 0 Å². The molecule has 0 bridgehead atoms. The maximum absolute atomic E-state index is 13.1. The van der Waals surface area contributed by atoms with Gasteiger partial charge in [-0.3, -0.25) is 9.48 Å². The fourth-order valence-electron chi connectivity index (χ4n) is 2.30. The molecular formula is C14H13F2N3O. The Bertz CT molecular complexity index is 643. The van der Waals surface area contributed by atoms with E-state index in [1.165, 1.54) is 6.07 Å². The molecule has 3 rings (SSSR count). The van der Waals surface area contributed by atoms with Gasteiger partial charge in [-0.15, -0.1) is 0 Å². The number of benzene rings is 1. The van der Waals surface area contributed by atoms with Crippen molar-refractivity contribution in [3.8, 4) is 0 Å². The number of carbonyl (C=O) groups excluding carboxylic acids is 1. The second-order valence-corrected chi connectivity index (χ2v) is 4.78. The van der Waals surface area contributed by atoms with Gasteiger partial charge in [-0.1, -0.05) is 0 Å². The van der Waals surface area contributed by atoms with Crippen LogP contribution in [0.15, 0.2) is 24.3 Å². The van der Waals surface area contributed by atoms with Crippen LogP contribution in [0, 0.1) is 11.6 Å². The molecule has 104 valence electrons. The Morgan fingerprint density at radius 3 is 2.80 bits per heavy atom. The van der Waals surface area contributed by atoms with E-state index in [1.807, 2.05) is 4.68 Å². The first-order valence-electron chi connectivity index (χ1n) is 6.46. The van der Waals surface area contributed by atoms with E-state index in [1.54, 1.807) is 6.07 Å². The number of amides is 1. The molecule has 4 nitrogen and oxygen atoms in total. The Morgan fingerprint density at radius 2 is 2.05 bits per heavy atom. The van der Waals surface area contributed by atoms with Gasteiger partial charge in [0.2, 0.25) is 0 Å². The van der Waals surface area contributed by atoms with Crippen molar-refractivity contribution < 1.29 is 13.6 Å². The number of hydrogen-bond acceptors (Lipinski definition) is 2. The summed E-state index contributed by atoms with van der Waals surface area (Å²) in [6.07, 6.45) is 3.06. The zero-order valence-corrected chi connectivity index (χ0v) is 10.7. The normalized spacial score (nSPS) is 13.9. The summed E-state index contributed by atoms with van der Waals surface area (Å²) in [6, 6.07) is 4.98.